The fourth-order valence-corrected chi connectivity index (χ4v) is 2.60. The van der Waals surface area contributed by atoms with Crippen LogP contribution in [-0.4, -0.2) is 30.9 Å². The zero-order chi connectivity index (χ0) is 18.0. The average Bonchev–Trinajstić information content (AvgIpc) is 2.66. The van der Waals surface area contributed by atoms with Gasteiger partial charge in [-0.2, -0.15) is 5.26 Å². The molecule has 0 radical (unpaired) electrons. The van der Waals surface area contributed by atoms with Gasteiger partial charge < -0.3 is 14.2 Å². The molecule has 0 fully saturated rings. The smallest absolute Gasteiger partial charge is 0.219 e. The van der Waals surface area contributed by atoms with Crippen LogP contribution in [0.5, 0.6) is 17.2 Å². The largest absolute Gasteiger partial charge is 0.497 e. The van der Waals surface area contributed by atoms with E-state index in [-0.39, 0.29) is 11.3 Å². The minimum absolute atomic E-state index is 0.106. The molecule has 0 saturated carbocycles. The molecule has 0 unspecified atom stereocenters. The van der Waals surface area contributed by atoms with Gasteiger partial charge in [0, 0.05) is 11.5 Å². The van der Waals surface area contributed by atoms with Crippen LogP contribution in [0.15, 0.2) is 36.4 Å². The summed E-state index contributed by atoms with van der Waals surface area (Å²) in [5.74, 6) is 1.79. The van der Waals surface area contributed by atoms with Crippen molar-refractivity contribution in [3.8, 4) is 29.0 Å². The summed E-state index contributed by atoms with van der Waals surface area (Å²) in [6, 6.07) is 12.5. The molecule has 0 aliphatic carbocycles. The van der Waals surface area contributed by atoms with Gasteiger partial charge in [0.15, 0.2) is 11.5 Å². The molecule has 0 atom stereocenters. The van der Waals surface area contributed by atoms with E-state index in [0.717, 1.165) is 0 Å². The van der Waals surface area contributed by atoms with Crippen LogP contribution in [0, 0.1) is 16.7 Å². The maximum absolute atomic E-state index is 9.49. The van der Waals surface area contributed by atoms with Gasteiger partial charge >= 0.3 is 0 Å². The van der Waals surface area contributed by atoms with E-state index in [9.17, 15) is 5.26 Å². The summed E-state index contributed by atoms with van der Waals surface area (Å²) in [6.45, 7) is 0. The molecule has 25 heavy (non-hydrogen) atoms. The van der Waals surface area contributed by atoms with Gasteiger partial charge in [-0.15, -0.1) is 0 Å². The summed E-state index contributed by atoms with van der Waals surface area (Å²) >= 11 is 0. The lowest BCUT2D eigenvalue weighted by Crippen LogP contribution is -2.23. The lowest BCUT2D eigenvalue weighted by atomic mass is 10.2. The summed E-state index contributed by atoms with van der Waals surface area (Å²) in [5, 5.41) is 18.6. The van der Waals surface area contributed by atoms with Crippen molar-refractivity contribution in [2.75, 3.05) is 21.3 Å². The number of benzene rings is 2. The second kappa shape index (κ2) is 6.53. The van der Waals surface area contributed by atoms with Gasteiger partial charge in [0.2, 0.25) is 5.82 Å². The Bertz CT molecular complexity index is 1030. The molecular weight excluding hydrogens is 320 g/mol. The molecule has 1 aromatic heterocycles. The van der Waals surface area contributed by atoms with E-state index < -0.39 is 0 Å². The molecule has 7 nitrogen and oxygen atoms in total. The van der Waals surface area contributed by atoms with Gasteiger partial charge in [-0.25, -0.2) is 4.98 Å². The van der Waals surface area contributed by atoms with E-state index >= 15 is 0 Å². The number of hydrogen-bond acceptors (Lipinski definition) is 6. The second-order valence-electron chi connectivity index (χ2n) is 5.15. The highest BCUT2D eigenvalue weighted by molar-refractivity contribution is 5.82. The molecule has 0 aliphatic heterocycles. The molecule has 0 bridgehead atoms. The number of rotatable bonds is 4. The van der Waals surface area contributed by atoms with E-state index in [0.29, 0.717) is 33.8 Å². The van der Waals surface area contributed by atoms with Crippen LogP contribution in [0.4, 0.5) is 0 Å². The van der Waals surface area contributed by atoms with Crippen LogP contribution in [0.25, 0.3) is 16.6 Å². The second-order valence-corrected chi connectivity index (χ2v) is 5.15. The van der Waals surface area contributed by atoms with Crippen molar-refractivity contribution >= 4 is 10.9 Å². The SMILES string of the molecule is COc1ccc(-n2c(C#N)nc3cc(OC)c(OC)cc3c2=N)cc1. The Labute approximate surface area is 144 Å². The van der Waals surface area contributed by atoms with Crippen molar-refractivity contribution < 1.29 is 14.2 Å². The van der Waals surface area contributed by atoms with Crippen molar-refractivity contribution in [1.29, 1.82) is 10.7 Å². The number of nitrogens with zero attached hydrogens (tertiary/aromatic N) is 3. The average molecular weight is 336 g/mol. The standard InChI is InChI=1S/C18H16N4O3/c1-23-12-6-4-11(5-7-12)22-17(10-19)21-14-9-16(25-3)15(24-2)8-13(14)18(22)20/h4-9,20H,1-3H3. The van der Waals surface area contributed by atoms with Crippen LogP contribution >= 0.6 is 0 Å². The molecule has 1 N–H and O–H groups in total. The molecule has 0 saturated heterocycles. The predicted molar refractivity (Wildman–Crippen MR) is 91.3 cm³/mol. The van der Waals surface area contributed by atoms with E-state index in [4.69, 9.17) is 19.6 Å². The molecule has 0 aliphatic rings. The normalized spacial score (nSPS) is 10.3. The summed E-state index contributed by atoms with van der Waals surface area (Å²) < 4.78 is 17.2. The topological polar surface area (TPSA) is 93.2 Å². The number of nitrogens with one attached hydrogen (secondary N) is 1. The van der Waals surface area contributed by atoms with Gasteiger partial charge in [0.25, 0.3) is 0 Å². The lowest BCUT2D eigenvalue weighted by molar-refractivity contribution is 0.355. The Kier molecular flexibility index (Phi) is 4.27. The van der Waals surface area contributed by atoms with Crippen LogP contribution < -0.4 is 19.7 Å². The first-order valence-corrected chi connectivity index (χ1v) is 7.40. The summed E-state index contributed by atoms with van der Waals surface area (Å²) in [4.78, 5) is 4.37. The first-order valence-electron chi connectivity index (χ1n) is 7.40. The monoisotopic (exact) mass is 336 g/mol. The van der Waals surface area contributed by atoms with Gasteiger partial charge in [0.1, 0.15) is 17.3 Å². The molecule has 1 heterocycles. The van der Waals surface area contributed by atoms with E-state index in [1.807, 2.05) is 0 Å². The Morgan fingerprint density at radius 2 is 1.64 bits per heavy atom. The fourth-order valence-electron chi connectivity index (χ4n) is 2.60. The Morgan fingerprint density at radius 1 is 1.00 bits per heavy atom. The first-order chi connectivity index (χ1) is 12.1. The van der Waals surface area contributed by atoms with Crippen LogP contribution in [0.2, 0.25) is 0 Å². The number of nitriles is 1. The molecule has 3 rings (SSSR count). The molecule has 126 valence electrons. The molecular formula is C18H16N4O3. The molecule has 0 spiro atoms. The molecule has 2 aromatic carbocycles. The van der Waals surface area contributed by atoms with Gasteiger partial charge in [-0.05, 0) is 30.3 Å². The number of ether oxygens (including phenoxy) is 3. The third kappa shape index (κ3) is 2.74. The summed E-state index contributed by atoms with van der Waals surface area (Å²) in [6.07, 6.45) is 0. The number of fused-ring (bicyclic) bond motifs is 1. The van der Waals surface area contributed by atoms with E-state index in [1.165, 1.54) is 18.8 Å². The molecule has 7 heteroatoms. The maximum Gasteiger partial charge on any atom is 0.219 e. The van der Waals surface area contributed by atoms with Crippen LogP contribution in [-0.2, 0) is 0 Å². The third-order valence-electron chi connectivity index (χ3n) is 3.85. The highest BCUT2D eigenvalue weighted by atomic mass is 16.5. The Hall–Kier alpha value is -3.53. The predicted octanol–water partition coefficient (Wildman–Crippen LogP) is 2.40. The lowest BCUT2D eigenvalue weighted by Gasteiger charge is -2.13. The number of aromatic nitrogens is 2. The van der Waals surface area contributed by atoms with Crippen molar-refractivity contribution in [2.45, 2.75) is 0 Å². The zero-order valence-electron chi connectivity index (χ0n) is 14.0. The number of hydrogen-bond donors (Lipinski definition) is 1. The minimum atomic E-state index is 0.106. The molecule has 0 amide bonds. The fraction of sp³-hybridized carbons (Fsp3) is 0.167. The van der Waals surface area contributed by atoms with Crippen molar-refractivity contribution in [2.24, 2.45) is 0 Å². The number of methoxy groups -OCH3 is 3. The Balaban J connectivity index is 2.33. The molecule has 3 aromatic rings. The third-order valence-corrected chi connectivity index (χ3v) is 3.85. The van der Waals surface area contributed by atoms with Crippen LogP contribution in [0.1, 0.15) is 5.82 Å². The summed E-state index contributed by atoms with van der Waals surface area (Å²) in [7, 11) is 4.63. The van der Waals surface area contributed by atoms with Crippen LogP contribution in [0.3, 0.4) is 0 Å². The minimum Gasteiger partial charge on any atom is -0.497 e. The first kappa shape index (κ1) is 16.3. The van der Waals surface area contributed by atoms with Crippen molar-refractivity contribution in [3.05, 3.63) is 47.7 Å². The highest BCUT2D eigenvalue weighted by Gasteiger charge is 2.14. The van der Waals surface area contributed by atoms with Gasteiger partial charge in [0.05, 0.1) is 32.5 Å². The van der Waals surface area contributed by atoms with Gasteiger partial charge in [-0.1, -0.05) is 0 Å². The Morgan fingerprint density at radius 3 is 2.20 bits per heavy atom. The van der Waals surface area contributed by atoms with Crippen molar-refractivity contribution in [1.82, 2.24) is 9.55 Å². The maximum atomic E-state index is 9.49. The summed E-state index contributed by atoms with van der Waals surface area (Å²) in [5.41, 5.74) is 1.27. The van der Waals surface area contributed by atoms with E-state index in [1.54, 1.807) is 43.5 Å². The quantitative estimate of drug-likeness (QED) is 0.789. The zero-order valence-corrected chi connectivity index (χ0v) is 14.0. The van der Waals surface area contributed by atoms with Crippen molar-refractivity contribution in [3.63, 3.8) is 0 Å². The van der Waals surface area contributed by atoms with E-state index in [2.05, 4.69) is 11.1 Å². The van der Waals surface area contributed by atoms with Gasteiger partial charge in [-0.3, -0.25) is 9.98 Å². The highest BCUT2D eigenvalue weighted by Crippen LogP contribution is 2.30.